The summed E-state index contributed by atoms with van der Waals surface area (Å²) in [5.74, 6) is -1.23. The van der Waals surface area contributed by atoms with E-state index in [9.17, 15) is 18.3 Å². The lowest BCUT2D eigenvalue weighted by Crippen LogP contribution is -2.42. The highest BCUT2D eigenvalue weighted by Crippen LogP contribution is 2.11. The molecule has 0 saturated carbocycles. The fourth-order valence-electron chi connectivity index (χ4n) is 2.05. The van der Waals surface area contributed by atoms with E-state index >= 15 is 0 Å². The highest BCUT2D eigenvalue weighted by Gasteiger charge is 2.27. The lowest BCUT2D eigenvalue weighted by atomic mass is 10.1. The standard InChI is InChI=1S/C14H17N3O4S/c1-2-17-10-15-9-13(17)22(20,21)16-12(14(18)19)8-11-6-4-3-5-7-11/h3-7,9-10,12,16H,2,8H2,1H3,(H,18,19)/t12-/m0/s1. The predicted molar refractivity (Wildman–Crippen MR) is 79.8 cm³/mol. The number of aliphatic carboxylic acids is 1. The van der Waals surface area contributed by atoms with Crippen molar-refractivity contribution in [1.82, 2.24) is 14.3 Å². The summed E-state index contributed by atoms with van der Waals surface area (Å²) in [6.45, 7) is 2.20. The van der Waals surface area contributed by atoms with Gasteiger partial charge in [0.05, 0.1) is 12.5 Å². The normalized spacial score (nSPS) is 13.0. The molecular weight excluding hydrogens is 306 g/mol. The van der Waals surface area contributed by atoms with Gasteiger partial charge in [-0.25, -0.2) is 13.4 Å². The Labute approximate surface area is 128 Å². The zero-order valence-electron chi connectivity index (χ0n) is 12.0. The first-order valence-electron chi connectivity index (χ1n) is 6.73. The molecule has 0 fully saturated rings. The van der Waals surface area contributed by atoms with Crippen LogP contribution in [0.15, 0.2) is 47.9 Å². The molecule has 8 heteroatoms. The molecule has 118 valence electrons. The van der Waals surface area contributed by atoms with Gasteiger partial charge >= 0.3 is 5.97 Å². The smallest absolute Gasteiger partial charge is 0.322 e. The number of aryl methyl sites for hydroxylation is 1. The Bertz CT molecular complexity index is 740. The van der Waals surface area contributed by atoms with Gasteiger partial charge in [0, 0.05) is 6.54 Å². The number of carbonyl (C=O) groups is 1. The summed E-state index contributed by atoms with van der Waals surface area (Å²) in [5.41, 5.74) is 0.738. The minimum absolute atomic E-state index is 0.0469. The van der Waals surface area contributed by atoms with E-state index in [0.29, 0.717) is 6.54 Å². The summed E-state index contributed by atoms with van der Waals surface area (Å²) in [6.07, 6.45) is 2.66. The molecule has 1 heterocycles. The SMILES string of the molecule is CCn1cncc1S(=O)(=O)N[C@@H](Cc1ccccc1)C(=O)O. The molecule has 0 aliphatic rings. The highest BCUT2D eigenvalue weighted by molar-refractivity contribution is 7.89. The maximum atomic E-state index is 12.3. The van der Waals surface area contributed by atoms with E-state index in [1.807, 2.05) is 6.07 Å². The van der Waals surface area contributed by atoms with Gasteiger partial charge in [0.25, 0.3) is 10.0 Å². The number of aromatic nitrogens is 2. The Morgan fingerprint density at radius 1 is 1.36 bits per heavy atom. The molecule has 0 aliphatic carbocycles. The van der Waals surface area contributed by atoms with Gasteiger partial charge in [0.1, 0.15) is 6.04 Å². The zero-order chi connectivity index (χ0) is 16.2. The van der Waals surface area contributed by atoms with Crippen molar-refractivity contribution in [2.45, 2.75) is 31.0 Å². The monoisotopic (exact) mass is 323 g/mol. The second kappa shape index (κ2) is 6.71. The molecule has 22 heavy (non-hydrogen) atoms. The first kappa shape index (κ1) is 16.2. The van der Waals surface area contributed by atoms with E-state index in [1.165, 1.54) is 17.1 Å². The van der Waals surface area contributed by atoms with Gasteiger partial charge in [-0.05, 0) is 18.9 Å². The minimum Gasteiger partial charge on any atom is -0.480 e. The van der Waals surface area contributed by atoms with Crippen LogP contribution in [0.2, 0.25) is 0 Å². The van der Waals surface area contributed by atoms with Crippen molar-refractivity contribution in [1.29, 1.82) is 0 Å². The summed E-state index contributed by atoms with van der Waals surface area (Å²) < 4.78 is 28.4. The molecule has 0 amide bonds. The highest BCUT2D eigenvalue weighted by atomic mass is 32.2. The molecule has 0 aliphatic heterocycles. The van der Waals surface area contributed by atoms with Crippen molar-refractivity contribution in [3.63, 3.8) is 0 Å². The second-order valence-electron chi connectivity index (χ2n) is 4.72. The molecule has 2 rings (SSSR count). The Morgan fingerprint density at radius 3 is 2.64 bits per heavy atom. The lowest BCUT2D eigenvalue weighted by Gasteiger charge is -2.15. The maximum Gasteiger partial charge on any atom is 0.322 e. The molecule has 2 N–H and O–H groups in total. The molecular formula is C14H17N3O4S. The average Bonchev–Trinajstić information content (AvgIpc) is 2.97. The van der Waals surface area contributed by atoms with Crippen LogP contribution >= 0.6 is 0 Å². The van der Waals surface area contributed by atoms with Crippen molar-refractivity contribution in [3.8, 4) is 0 Å². The number of carboxylic acid groups (broad SMARTS) is 1. The number of carboxylic acids is 1. The van der Waals surface area contributed by atoms with Gasteiger partial charge in [-0.2, -0.15) is 4.72 Å². The van der Waals surface area contributed by atoms with Crippen LogP contribution in [-0.2, 0) is 27.8 Å². The van der Waals surface area contributed by atoms with Crippen LogP contribution in [0.1, 0.15) is 12.5 Å². The predicted octanol–water partition coefficient (Wildman–Crippen LogP) is 0.877. The summed E-state index contributed by atoms with van der Waals surface area (Å²) in [5, 5.41) is 9.23. The first-order valence-corrected chi connectivity index (χ1v) is 8.21. The number of nitrogens with zero attached hydrogens (tertiary/aromatic N) is 2. The Morgan fingerprint density at radius 2 is 2.05 bits per heavy atom. The van der Waals surface area contributed by atoms with Crippen LogP contribution in [0.25, 0.3) is 0 Å². The van der Waals surface area contributed by atoms with E-state index in [1.54, 1.807) is 31.2 Å². The molecule has 0 saturated heterocycles. The number of sulfonamides is 1. The molecule has 2 aromatic rings. The van der Waals surface area contributed by atoms with Gasteiger partial charge < -0.3 is 9.67 Å². The second-order valence-corrected chi connectivity index (χ2v) is 6.38. The topological polar surface area (TPSA) is 101 Å². The molecule has 1 atom stereocenters. The van der Waals surface area contributed by atoms with Crippen LogP contribution in [-0.4, -0.2) is 35.1 Å². The summed E-state index contributed by atoms with van der Waals surface area (Å²) in [4.78, 5) is 15.1. The molecule has 1 aromatic carbocycles. The number of imidazole rings is 1. The number of hydrogen-bond acceptors (Lipinski definition) is 4. The molecule has 0 spiro atoms. The van der Waals surface area contributed by atoms with Crippen molar-refractivity contribution in [3.05, 3.63) is 48.4 Å². The Hall–Kier alpha value is -2.19. The van der Waals surface area contributed by atoms with Gasteiger partial charge in [-0.1, -0.05) is 30.3 Å². The van der Waals surface area contributed by atoms with Crippen molar-refractivity contribution in [2.75, 3.05) is 0 Å². The fraction of sp³-hybridized carbons (Fsp3) is 0.286. The molecule has 7 nitrogen and oxygen atoms in total. The maximum absolute atomic E-state index is 12.3. The fourth-order valence-corrected chi connectivity index (χ4v) is 3.41. The molecule has 0 bridgehead atoms. The van der Waals surface area contributed by atoms with Crippen molar-refractivity contribution >= 4 is 16.0 Å². The van der Waals surface area contributed by atoms with Crippen LogP contribution in [0.3, 0.4) is 0 Å². The van der Waals surface area contributed by atoms with E-state index in [0.717, 1.165) is 5.56 Å². The van der Waals surface area contributed by atoms with Gasteiger partial charge in [-0.15, -0.1) is 0 Å². The Kier molecular flexibility index (Phi) is 4.94. The number of hydrogen-bond donors (Lipinski definition) is 2. The third-order valence-corrected chi connectivity index (χ3v) is 4.65. The summed E-state index contributed by atoms with van der Waals surface area (Å²) in [7, 11) is -3.95. The van der Waals surface area contributed by atoms with Gasteiger partial charge in [-0.3, -0.25) is 4.79 Å². The van der Waals surface area contributed by atoms with Crippen LogP contribution < -0.4 is 4.72 Å². The van der Waals surface area contributed by atoms with Crippen LogP contribution in [0.5, 0.6) is 0 Å². The molecule has 1 aromatic heterocycles. The third-order valence-electron chi connectivity index (χ3n) is 3.17. The minimum atomic E-state index is -3.95. The molecule has 0 unspecified atom stereocenters. The van der Waals surface area contributed by atoms with Crippen molar-refractivity contribution < 1.29 is 18.3 Å². The first-order chi connectivity index (χ1) is 10.4. The van der Waals surface area contributed by atoms with E-state index in [-0.39, 0.29) is 11.4 Å². The zero-order valence-corrected chi connectivity index (χ0v) is 12.8. The summed E-state index contributed by atoms with van der Waals surface area (Å²) in [6, 6.07) is 7.61. The number of rotatable bonds is 7. The lowest BCUT2D eigenvalue weighted by molar-refractivity contribution is -0.138. The Balaban J connectivity index is 2.22. The van der Waals surface area contributed by atoms with Crippen LogP contribution in [0.4, 0.5) is 0 Å². The van der Waals surface area contributed by atoms with Crippen molar-refractivity contribution in [2.24, 2.45) is 0 Å². The number of benzene rings is 1. The average molecular weight is 323 g/mol. The largest absolute Gasteiger partial charge is 0.480 e. The summed E-state index contributed by atoms with van der Waals surface area (Å²) >= 11 is 0. The number of nitrogens with one attached hydrogen (secondary N) is 1. The van der Waals surface area contributed by atoms with Gasteiger partial charge in [0.15, 0.2) is 5.03 Å². The third kappa shape index (κ3) is 3.71. The quantitative estimate of drug-likeness (QED) is 0.787. The van der Waals surface area contributed by atoms with E-state index < -0.39 is 22.0 Å². The van der Waals surface area contributed by atoms with E-state index in [4.69, 9.17) is 0 Å². The van der Waals surface area contributed by atoms with Crippen LogP contribution in [0, 0.1) is 0 Å². The van der Waals surface area contributed by atoms with E-state index in [2.05, 4.69) is 9.71 Å². The van der Waals surface area contributed by atoms with Gasteiger partial charge in [0.2, 0.25) is 0 Å². The molecule has 0 radical (unpaired) electrons.